The molecular weight excluding hydrogens is 400 g/mol. The summed E-state index contributed by atoms with van der Waals surface area (Å²) in [6.45, 7) is 0. The van der Waals surface area contributed by atoms with E-state index in [1.165, 1.54) is 28.0 Å². The summed E-state index contributed by atoms with van der Waals surface area (Å²) in [5.41, 5.74) is 8.12. The van der Waals surface area contributed by atoms with Gasteiger partial charge in [0.25, 0.3) is 5.91 Å². The molecule has 3 aromatic rings. The fourth-order valence-corrected chi connectivity index (χ4v) is 5.97. The van der Waals surface area contributed by atoms with Crippen molar-refractivity contribution in [1.29, 1.82) is 0 Å². The van der Waals surface area contributed by atoms with Crippen LogP contribution in [-0.2, 0) is 17.6 Å². The molecule has 1 aromatic heterocycles. The lowest BCUT2D eigenvalue weighted by atomic mass is 9.95. The molecule has 4 rings (SSSR count). The standard InChI is InChI=1S/C23H22N2O2S2/c24-21(26)19-17-13-7-8-14-18(17)29-23(19)25-22(27)20(15-9-3-1-4-10-15)28-16-11-5-2-6-12-16/h1-6,9-12,20H,7-8,13-14H2,(H2,24,26)(H,25,27). The fraction of sp³-hybridized carbons (Fsp3) is 0.217. The van der Waals surface area contributed by atoms with Crippen molar-refractivity contribution >= 4 is 39.9 Å². The molecule has 0 saturated heterocycles. The minimum Gasteiger partial charge on any atom is -0.365 e. The van der Waals surface area contributed by atoms with Crippen LogP contribution in [0.2, 0.25) is 0 Å². The van der Waals surface area contributed by atoms with Gasteiger partial charge in [-0.15, -0.1) is 23.1 Å². The third-order valence-corrected chi connectivity index (χ3v) is 7.47. The first-order chi connectivity index (χ1) is 14.1. The molecule has 0 bridgehead atoms. The smallest absolute Gasteiger partial charge is 0.251 e. The van der Waals surface area contributed by atoms with Crippen LogP contribution in [0.1, 0.15) is 44.5 Å². The average molecular weight is 423 g/mol. The Morgan fingerprint density at radius 1 is 0.966 bits per heavy atom. The number of thiophene rings is 1. The number of hydrogen-bond donors (Lipinski definition) is 2. The summed E-state index contributed by atoms with van der Waals surface area (Å²) in [6.07, 6.45) is 3.95. The zero-order chi connectivity index (χ0) is 20.2. The molecule has 0 aliphatic heterocycles. The van der Waals surface area contributed by atoms with E-state index in [0.29, 0.717) is 10.6 Å². The van der Waals surface area contributed by atoms with E-state index in [2.05, 4.69) is 5.32 Å². The van der Waals surface area contributed by atoms with Crippen LogP contribution >= 0.6 is 23.1 Å². The number of hydrogen-bond acceptors (Lipinski definition) is 4. The average Bonchev–Trinajstić information content (AvgIpc) is 3.11. The number of fused-ring (bicyclic) bond motifs is 1. The highest BCUT2D eigenvalue weighted by atomic mass is 32.2. The van der Waals surface area contributed by atoms with Crippen molar-refractivity contribution in [3.63, 3.8) is 0 Å². The molecule has 1 atom stereocenters. The Hall–Kier alpha value is -2.57. The van der Waals surface area contributed by atoms with Crippen LogP contribution in [0.15, 0.2) is 65.6 Å². The predicted octanol–water partition coefficient (Wildman–Crippen LogP) is 5.20. The maximum Gasteiger partial charge on any atom is 0.251 e. The lowest BCUT2D eigenvalue weighted by Gasteiger charge is -2.17. The van der Waals surface area contributed by atoms with E-state index in [0.717, 1.165) is 41.7 Å². The molecule has 0 fully saturated rings. The maximum atomic E-state index is 13.3. The van der Waals surface area contributed by atoms with E-state index >= 15 is 0 Å². The molecule has 148 valence electrons. The molecule has 0 spiro atoms. The quantitative estimate of drug-likeness (QED) is 0.537. The molecule has 1 unspecified atom stereocenters. The van der Waals surface area contributed by atoms with Gasteiger partial charge in [0.2, 0.25) is 5.91 Å². The van der Waals surface area contributed by atoms with Crippen LogP contribution in [0, 0.1) is 0 Å². The summed E-state index contributed by atoms with van der Waals surface area (Å²) < 4.78 is 0. The molecule has 6 heteroatoms. The number of thioether (sulfide) groups is 1. The zero-order valence-corrected chi connectivity index (χ0v) is 17.5. The number of nitrogens with two attached hydrogens (primary N) is 1. The molecule has 1 heterocycles. The first-order valence-corrected chi connectivity index (χ1v) is 11.3. The molecule has 1 aliphatic rings. The highest BCUT2D eigenvalue weighted by Crippen LogP contribution is 2.40. The second-order valence-corrected chi connectivity index (χ2v) is 9.27. The molecule has 0 radical (unpaired) electrons. The number of aryl methyl sites for hydroxylation is 1. The van der Waals surface area contributed by atoms with E-state index in [1.807, 2.05) is 60.7 Å². The maximum absolute atomic E-state index is 13.3. The van der Waals surface area contributed by atoms with E-state index in [9.17, 15) is 9.59 Å². The highest BCUT2D eigenvalue weighted by Gasteiger charge is 2.28. The molecule has 1 aliphatic carbocycles. The second kappa shape index (κ2) is 8.84. The number of benzene rings is 2. The van der Waals surface area contributed by atoms with Crippen molar-refractivity contribution in [3.8, 4) is 0 Å². The van der Waals surface area contributed by atoms with Crippen molar-refractivity contribution < 1.29 is 9.59 Å². The summed E-state index contributed by atoms with van der Waals surface area (Å²) in [6, 6.07) is 19.6. The SMILES string of the molecule is NC(=O)c1c(NC(=O)C(Sc2ccccc2)c2ccccc2)sc2c1CCCC2. The Labute approximate surface area is 178 Å². The topological polar surface area (TPSA) is 72.2 Å². The lowest BCUT2D eigenvalue weighted by Crippen LogP contribution is -2.21. The number of amides is 2. The summed E-state index contributed by atoms with van der Waals surface area (Å²) in [4.78, 5) is 27.7. The number of primary amides is 1. The normalized spacial score (nSPS) is 14.1. The van der Waals surface area contributed by atoms with E-state index in [4.69, 9.17) is 5.73 Å². The van der Waals surface area contributed by atoms with Crippen molar-refractivity contribution in [2.45, 2.75) is 35.8 Å². The highest BCUT2D eigenvalue weighted by molar-refractivity contribution is 8.00. The Bertz CT molecular complexity index is 1020. The summed E-state index contributed by atoms with van der Waals surface area (Å²) >= 11 is 2.99. The van der Waals surface area contributed by atoms with Crippen LogP contribution in [0.3, 0.4) is 0 Å². The minimum atomic E-state index is -0.466. The largest absolute Gasteiger partial charge is 0.365 e. The first kappa shape index (κ1) is 19.7. The summed E-state index contributed by atoms with van der Waals surface area (Å²) in [5.74, 6) is -0.613. The van der Waals surface area contributed by atoms with Gasteiger partial charge < -0.3 is 11.1 Å². The van der Waals surface area contributed by atoms with Crippen molar-refractivity contribution in [2.75, 3.05) is 5.32 Å². The molecule has 2 aromatic carbocycles. The van der Waals surface area contributed by atoms with Crippen LogP contribution < -0.4 is 11.1 Å². The Morgan fingerprint density at radius 2 is 1.62 bits per heavy atom. The minimum absolute atomic E-state index is 0.147. The van der Waals surface area contributed by atoms with Crippen molar-refractivity contribution in [2.24, 2.45) is 5.73 Å². The van der Waals surface area contributed by atoms with Gasteiger partial charge in [0.05, 0.1) is 5.56 Å². The number of carbonyl (C=O) groups is 2. The van der Waals surface area contributed by atoms with Crippen molar-refractivity contribution in [3.05, 3.63) is 82.2 Å². The van der Waals surface area contributed by atoms with E-state index in [1.54, 1.807) is 0 Å². The molecule has 2 amide bonds. The number of anilines is 1. The van der Waals surface area contributed by atoms with Crippen LogP contribution in [0.4, 0.5) is 5.00 Å². The van der Waals surface area contributed by atoms with Gasteiger partial charge >= 0.3 is 0 Å². The summed E-state index contributed by atoms with van der Waals surface area (Å²) in [5, 5.41) is 3.18. The number of carbonyl (C=O) groups excluding carboxylic acids is 2. The Morgan fingerprint density at radius 3 is 2.31 bits per heavy atom. The van der Waals surface area contributed by atoms with Gasteiger partial charge in [-0.05, 0) is 48.9 Å². The molecule has 3 N–H and O–H groups in total. The predicted molar refractivity (Wildman–Crippen MR) is 120 cm³/mol. The second-order valence-electron chi connectivity index (χ2n) is 6.99. The van der Waals surface area contributed by atoms with Crippen LogP contribution in [0.5, 0.6) is 0 Å². The van der Waals surface area contributed by atoms with Crippen LogP contribution in [0.25, 0.3) is 0 Å². The molecule has 4 nitrogen and oxygen atoms in total. The van der Waals surface area contributed by atoms with Crippen LogP contribution in [-0.4, -0.2) is 11.8 Å². The number of rotatable bonds is 6. The molecule has 29 heavy (non-hydrogen) atoms. The van der Waals surface area contributed by atoms with Gasteiger partial charge in [0.15, 0.2) is 0 Å². The van der Waals surface area contributed by atoms with Gasteiger partial charge in [-0.1, -0.05) is 48.5 Å². The van der Waals surface area contributed by atoms with Crippen molar-refractivity contribution in [1.82, 2.24) is 0 Å². The van der Waals surface area contributed by atoms with Gasteiger partial charge in [0.1, 0.15) is 10.3 Å². The summed E-state index contributed by atoms with van der Waals surface area (Å²) in [7, 11) is 0. The van der Waals surface area contributed by atoms with Gasteiger partial charge in [-0.2, -0.15) is 0 Å². The lowest BCUT2D eigenvalue weighted by molar-refractivity contribution is -0.115. The van der Waals surface area contributed by atoms with E-state index in [-0.39, 0.29) is 5.91 Å². The van der Waals surface area contributed by atoms with Gasteiger partial charge in [-0.3, -0.25) is 9.59 Å². The molecular formula is C23H22N2O2S2. The van der Waals surface area contributed by atoms with E-state index < -0.39 is 11.2 Å². The zero-order valence-electron chi connectivity index (χ0n) is 15.9. The third-order valence-electron chi connectivity index (χ3n) is 4.99. The van der Waals surface area contributed by atoms with Gasteiger partial charge in [-0.25, -0.2) is 0 Å². The Balaban J connectivity index is 1.65. The Kier molecular flexibility index (Phi) is 6.02. The number of nitrogens with one attached hydrogen (secondary N) is 1. The first-order valence-electron chi connectivity index (χ1n) is 9.65. The monoisotopic (exact) mass is 422 g/mol. The molecule has 0 saturated carbocycles. The fourth-order valence-electron chi connectivity index (χ4n) is 3.63. The third kappa shape index (κ3) is 4.38. The van der Waals surface area contributed by atoms with Gasteiger partial charge in [0, 0.05) is 9.77 Å².